The van der Waals surface area contributed by atoms with E-state index in [0.29, 0.717) is 5.69 Å². The van der Waals surface area contributed by atoms with Crippen LogP contribution in [0.2, 0.25) is 0 Å². The molecule has 9 nitrogen and oxygen atoms in total. The van der Waals surface area contributed by atoms with Crippen molar-refractivity contribution >= 4 is 22.2 Å². The first kappa shape index (κ1) is 20.7. The van der Waals surface area contributed by atoms with E-state index >= 15 is 0 Å². The lowest BCUT2D eigenvalue weighted by molar-refractivity contribution is -0.138. The molecule has 2 rings (SSSR count). The Kier molecular flexibility index (Phi) is 6.45. The zero-order valence-corrected chi connectivity index (χ0v) is 16.0. The highest BCUT2D eigenvalue weighted by atomic mass is 32.2. The standard InChI is InChI=1S/C17H23N5O4S/c1-17(2,9-11-27(25,26)20-10-8-14(18)16(23)24)22-19-12-15(21-22)13-6-4-3-5-7-13/h3-7,10,12,14H,8-9,11,18H2,1-2H3,(H,23,24)/t14-/m0/s1. The molecule has 0 aliphatic rings. The van der Waals surface area contributed by atoms with Crippen molar-refractivity contribution in [1.29, 1.82) is 0 Å². The maximum absolute atomic E-state index is 12.1. The Morgan fingerprint density at radius 1 is 1.37 bits per heavy atom. The van der Waals surface area contributed by atoms with Crippen molar-refractivity contribution in [2.75, 3.05) is 5.75 Å². The van der Waals surface area contributed by atoms with E-state index in [1.807, 2.05) is 44.2 Å². The third-order valence-corrected chi connectivity index (χ3v) is 5.18. The van der Waals surface area contributed by atoms with Crippen LogP contribution >= 0.6 is 0 Å². The van der Waals surface area contributed by atoms with Crippen LogP contribution in [0, 0.1) is 0 Å². The first-order valence-electron chi connectivity index (χ1n) is 8.34. The predicted octanol–water partition coefficient (Wildman–Crippen LogP) is 1.27. The van der Waals surface area contributed by atoms with Crippen LogP contribution in [0.3, 0.4) is 0 Å². The van der Waals surface area contributed by atoms with Crippen molar-refractivity contribution in [1.82, 2.24) is 15.0 Å². The van der Waals surface area contributed by atoms with Crippen LogP contribution in [0.4, 0.5) is 0 Å². The number of rotatable bonds is 9. The lowest BCUT2D eigenvalue weighted by Crippen LogP contribution is -2.31. The van der Waals surface area contributed by atoms with E-state index in [1.165, 1.54) is 4.80 Å². The number of nitrogens with zero attached hydrogens (tertiary/aromatic N) is 4. The minimum Gasteiger partial charge on any atom is -0.480 e. The van der Waals surface area contributed by atoms with Gasteiger partial charge in [0, 0.05) is 18.2 Å². The Labute approximate surface area is 158 Å². The molecule has 0 aliphatic heterocycles. The number of carbonyl (C=O) groups is 1. The molecule has 0 unspecified atom stereocenters. The summed E-state index contributed by atoms with van der Waals surface area (Å²) in [5.74, 6) is -1.43. The van der Waals surface area contributed by atoms with Crippen molar-refractivity contribution in [3.05, 3.63) is 36.5 Å². The van der Waals surface area contributed by atoms with Crippen molar-refractivity contribution < 1.29 is 18.3 Å². The second kappa shape index (κ2) is 8.40. The van der Waals surface area contributed by atoms with E-state index in [2.05, 4.69) is 14.6 Å². The van der Waals surface area contributed by atoms with Crippen molar-refractivity contribution in [2.45, 2.75) is 38.3 Å². The number of aliphatic carboxylic acids is 1. The van der Waals surface area contributed by atoms with Gasteiger partial charge in [0.2, 0.25) is 0 Å². The Balaban J connectivity index is 2.01. The molecular formula is C17H23N5O4S. The van der Waals surface area contributed by atoms with E-state index in [1.54, 1.807) is 6.20 Å². The van der Waals surface area contributed by atoms with Crippen molar-refractivity contribution in [2.24, 2.45) is 10.1 Å². The van der Waals surface area contributed by atoms with Crippen LogP contribution < -0.4 is 5.73 Å². The molecule has 1 heterocycles. The third-order valence-electron chi connectivity index (χ3n) is 3.99. The molecule has 3 N–H and O–H groups in total. The first-order chi connectivity index (χ1) is 12.6. The normalized spacial score (nSPS) is 13.7. The van der Waals surface area contributed by atoms with Gasteiger partial charge in [-0.05, 0) is 20.3 Å². The smallest absolute Gasteiger partial charge is 0.320 e. The number of aromatic nitrogens is 3. The van der Waals surface area contributed by atoms with E-state index in [-0.39, 0.29) is 18.6 Å². The Bertz CT molecular complexity index is 906. The van der Waals surface area contributed by atoms with Gasteiger partial charge in [-0.25, -0.2) is 8.42 Å². The van der Waals surface area contributed by atoms with Crippen molar-refractivity contribution in [3.8, 4) is 11.3 Å². The SMILES string of the molecule is CC(C)(CCS(=O)(=O)N=CC[C@H](N)C(=O)O)n1ncc(-c2ccccc2)n1. The number of hydrogen-bond donors (Lipinski definition) is 2. The van der Waals surface area contributed by atoms with Gasteiger partial charge in [0.1, 0.15) is 11.7 Å². The highest BCUT2D eigenvalue weighted by Gasteiger charge is 2.26. The minimum atomic E-state index is -3.74. The molecule has 0 amide bonds. The zero-order valence-electron chi connectivity index (χ0n) is 15.2. The Morgan fingerprint density at radius 2 is 2.04 bits per heavy atom. The van der Waals surface area contributed by atoms with Gasteiger partial charge in [0.15, 0.2) is 0 Å². The molecule has 0 bridgehead atoms. The lowest BCUT2D eigenvalue weighted by Gasteiger charge is -2.23. The monoisotopic (exact) mass is 393 g/mol. The molecule has 146 valence electrons. The minimum absolute atomic E-state index is 0.154. The van der Waals surface area contributed by atoms with Gasteiger partial charge in [-0.2, -0.15) is 19.4 Å². The summed E-state index contributed by atoms with van der Waals surface area (Å²) in [6.45, 7) is 3.67. The van der Waals surface area contributed by atoms with Gasteiger partial charge in [-0.15, -0.1) is 0 Å². The van der Waals surface area contributed by atoms with Gasteiger partial charge in [0.25, 0.3) is 10.0 Å². The first-order valence-corrected chi connectivity index (χ1v) is 9.95. The molecule has 0 spiro atoms. The molecule has 0 saturated heterocycles. The number of carboxylic acid groups (broad SMARTS) is 1. The molecule has 27 heavy (non-hydrogen) atoms. The second-order valence-electron chi connectivity index (χ2n) is 6.70. The largest absolute Gasteiger partial charge is 0.480 e. The molecule has 0 saturated carbocycles. The fraction of sp³-hybridized carbons (Fsp3) is 0.412. The second-order valence-corrected chi connectivity index (χ2v) is 8.49. The zero-order chi connectivity index (χ0) is 20.1. The van der Waals surface area contributed by atoms with Crippen LogP contribution in [0.1, 0.15) is 26.7 Å². The summed E-state index contributed by atoms with van der Waals surface area (Å²) in [6, 6.07) is 8.38. The highest BCUT2D eigenvalue weighted by molar-refractivity contribution is 7.90. The van der Waals surface area contributed by atoms with Crippen LogP contribution in [-0.4, -0.2) is 52.5 Å². The fourth-order valence-electron chi connectivity index (χ4n) is 2.20. The van der Waals surface area contributed by atoms with E-state index in [9.17, 15) is 13.2 Å². The molecule has 1 aromatic carbocycles. The summed E-state index contributed by atoms with van der Waals surface area (Å²) < 4.78 is 27.6. The summed E-state index contributed by atoms with van der Waals surface area (Å²) in [4.78, 5) is 12.1. The summed E-state index contributed by atoms with van der Waals surface area (Å²) in [7, 11) is -3.74. The van der Waals surface area contributed by atoms with Crippen molar-refractivity contribution in [3.63, 3.8) is 0 Å². The fourth-order valence-corrected chi connectivity index (χ4v) is 3.37. The molecule has 0 radical (unpaired) electrons. The topological polar surface area (TPSA) is 141 Å². The Hall–Kier alpha value is -2.59. The van der Waals surface area contributed by atoms with Gasteiger partial charge in [-0.3, -0.25) is 4.79 Å². The van der Waals surface area contributed by atoms with E-state index in [0.717, 1.165) is 11.8 Å². The average Bonchev–Trinajstić information content (AvgIpc) is 3.12. The molecule has 10 heteroatoms. The Morgan fingerprint density at radius 3 is 2.67 bits per heavy atom. The number of hydrogen-bond acceptors (Lipinski definition) is 6. The quantitative estimate of drug-likeness (QED) is 0.611. The molecule has 0 aliphatic carbocycles. The van der Waals surface area contributed by atoms with E-state index in [4.69, 9.17) is 10.8 Å². The van der Waals surface area contributed by atoms with Gasteiger partial charge in [-0.1, -0.05) is 30.3 Å². The van der Waals surface area contributed by atoms with Crippen LogP contribution in [0.25, 0.3) is 11.3 Å². The maximum Gasteiger partial charge on any atom is 0.320 e. The lowest BCUT2D eigenvalue weighted by atomic mass is 10.0. The molecule has 1 aromatic heterocycles. The maximum atomic E-state index is 12.1. The number of sulfonamides is 1. The van der Waals surface area contributed by atoms with Gasteiger partial charge >= 0.3 is 5.97 Å². The van der Waals surface area contributed by atoms with Crippen LogP contribution in [0.5, 0.6) is 0 Å². The third kappa shape index (κ3) is 5.97. The average molecular weight is 393 g/mol. The number of benzene rings is 1. The van der Waals surface area contributed by atoms with E-state index < -0.39 is 27.6 Å². The number of nitrogens with two attached hydrogens (primary N) is 1. The van der Waals surface area contributed by atoms with Crippen LogP contribution in [0.15, 0.2) is 40.9 Å². The summed E-state index contributed by atoms with van der Waals surface area (Å²) in [6.07, 6.45) is 2.75. The van der Waals surface area contributed by atoms with Gasteiger partial charge < -0.3 is 10.8 Å². The molecule has 1 atom stereocenters. The summed E-state index contributed by atoms with van der Waals surface area (Å²) in [5.41, 5.74) is 6.29. The highest BCUT2D eigenvalue weighted by Crippen LogP contribution is 2.22. The number of carboxylic acids is 1. The molecular weight excluding hydrogens is 370 g/mol. The summed E-state index contributed by atoms with van der Waals surface area (Å²) >= 11 is 0. The van der Waals surface area contributed by atoms with Crippen LogP contribution in [-0.2, 0) is 20.4 Å². The predicted molar refractivity (Wildman–Crippen MR) is 102 cm³/mol. The summed E-state index contributed by atoms with van der Waals surface area (Å²) in [5, 5.41) is 17.4. The molecule has 0 fully saturated rings. The molecule has 2 aromatic rings. The van der Waals surface area contributed by atoms with Gasteiger partial charge in [0.05, 0.1) is 17.5 Å².